The van der Waals surface area contributed by atoms with Crippen molar-refractivity contribution in [2.24, 2.45) is 0 Å². The van der Waals surface area contributed by atoms with Gasteiger partial charge in [-0.25, -0.2) is 8.78 Å². The molecule has 0 aromatic heterocycles. The smallest absolute Gasteiger partial charge is 0.189 e. The van der Waals surface area contributed by atoms with E-state index in [1.54, 1.807) is 13.8 Å². The lowest BCUT2D eigenvalue weighted by Gasteiger charge is -2.30. The molecular formula is C19H24F2N2O5S. The molecule has 0 aliphatic carbocycles. The molecule has 3 heterocycles. The van der Waals surface area contributed by atoms with Gasteiger partial charge in [-0.15, -0.1) is 0 Å². The van der Waals surface area contributed by atoms with Crippen LogP contribution in [0.5, 0.6) is 0 Å². The maximum absolute atomic E-state index is 14.0. The highest BCUT2D eigenvalue weighted by Crippen LogP contribution is 2.40. The summed E-state index contributed by atoms with van der Waals surface area (Å²) in [5.41, 5.74) is 0.0569. The first-order valence-corrected chi connectivity index (χ1v) is 9.79. The molecule has 3 fully saturated rings. The van der Waals surface area contributed by atoms with Gasteiger partial charge < -0.3 is 34.3 Å². The van der Waals surface area contributed by atoms with Crippen molar-refractivity contribution in [1.29, 1.82) is 0 Å². The zero-order valence-electron chi connectivity index (χ0n) is 16.5. The largest absolute Gasteiger partial charge is 0.354 e. The van der Waals surface area contributed by atoms with E-state index < -0.39 is 47.7 Å². The van der Waals surface area contributed by atoms with Gasteiger partial charge in [-0.1, -0.05) is 0 Å². The second-order valence-electron chi connectivity index (χ2n) is 8.18. The van der Waals surface area contributed by atoms with Crippen LogP contribution in [0, 0.1) is 11.6 Å². The third kappa shape index (κ3) is 4.37. The molecular weight excluding hydrogens is 406 g/mol. The van der Waals surface area contributed by atoms with Crippen molar-refractivity contribution in [3.63, 3.8) is 0 Å². The van der Waals surface area contributed by atoms with Gasteiger partial charge in [0, 0.05) is 6.07 Å². The van der Waals surface area contributed by atoms with Gasteiger partial charge in [-0.3, -0.25) is 0 Å². The van der Waals surface area contributed by atoms with Crippen LogP contribution in [-0.2, 0) is 23.7 Å². The number of fused-ring (bicyclic) bond motifs is 1. The number of benzene rings is 1. The number of thiocarbonyl (C=S) groups is 1. The quantitative estimate of drug-likeness (QED) is 0.710. The lowest BCUT2D eigenvalue weighted by molar-refractivity contribution is -0.223. The Morgan fingerprint density at radius 1 is 1.07 bits per heavy atom. The summed E-state index contributed by atoms with van der Waals surface area (Å²) in [5.74, 6) is -2.96. The van der Waals surface area contributed by atoms with Gasteiger partial charge in [0.15, 0.2) is 23.0 Å². The van der Waals surface area contributed by atoms with Crippen LogP contribution < -0.4 is 10.6 Å². The fourth-order valence-electron chi connectivity index (χ4n) is 3.79. The van der Waals surface area contributed by atoms with Crippen LogP contribution in [0.2, 0.25) is 0 Å². The maximum atomic E-state index is 14.0. The van der Waals surface area contributed by atoms with Crippen molar-refractivity contribution in [3.8, 4) is 0 Å². The Morgan fingerprint density at radius 2 is 1.83 bits per heavy atom. The predicted molar refractivity (Wildman–Crippen MR) is 103 cm³/mol. The molecule has 0 spiro atoms. The molecule has 5 atom stereocenters. The number of halogens is 2. The van der Waals surface area contributed by atoms with Gasteiger partial charge in [0.2, 0.25) is 0 Å². The fraction of sp³-hybridized carbons (Fsp3) is 0.632. The van der Waals surface area contributed by atoms with E-state index in [4.69, 9.17) is 35.9 Å². The third-order valence-corrected chi connectivity index (χ3v) is 5.18. The summed E-state index contributed by atoms with van der Waals surface area (Å²) in [6.45, 7) is 7.58. The minimum Gasteiger partial charge on any atom is -0.354 e. The van der Waals surface area contributed by atoms with E-state index in [-0.39, 0.29) is 16.9 Å². The summed E-state index contributed by atoms with van der Waals surface area (Å²) in [6.07, 6.45) is -1.90. The summed E-state index contributed by atoms with van der Waals surface area (Å²) < 4.78 is 56.6. The number of nitrogens with one attached hydrogen (secondary N) is 2. The van der Waals surface area contributed by atoms with Crippen LogP contribution in [0.25, 0.3) is 0 Å². The van der Waals surface area contributed by atoms with Crippen LogP contribution in [-0.4, -0.2) is 53.9 Å². The molecule has 2 N–H and O–H groups in total. The standard InChI is InChI=1S/C19H24F2N2O5S/c1-18(2)24-8-12(26-18)14-13(15-16(25-14)28-19(3,4)27-15)23-17(29)22-11-6-5-9(20)7-10(11)21/h5-7,12-16H,8H2,1-4H3,(H2,22,23,29)/t12-,13-,14-,15-,16-/m1/s1. The summed E-state index contributed by atoms with van der Waals surface area (Å²) in [4.78, 5) is 0. The minimum atomic E-state index is -0.815. The Bertz CT molecular complexity index is 809. The van der Waals surface area contributed by atoms with Crippen molar-refractivity contribution in [2.45, 2.75) is 69.9 Å². The van der Waals surface area contributed by atoms with E-state index in [1.807, 2.05) is 13.8 Å². The first kappa shape index (κ1) is 20.8. The summed E-state index contributed by atoms with van der Waals surface area (Å²) in [7, 11) is 0. The molecule has 7 nitrogen and oxygen atoms in total. The van der Waals surface area contributed by atoms with Crippen LogP contribution in [0.1, 0.15) is 27.7 Å². The molecule has 3 saturated heterocycles. The van der Waals surface area contributed by atoms with Crippen molar-refractivity contribution >= 4 is 23.0 Å². The monoisotopic (exact) mass is 430 g/mol. The number of hydrogen-bond donors (Lipinski definition) is 2. The van der Waals surface area contributed by atoms with Gasteiger partial charge in [0.1, 0.15) is 29.9 Å². The van der Waals surface area contributed by atoms with Crippen LogP contribution >= 0.6 is 12.2 Å². The number of hydrogen-bond acceptors (Lipinski definition) is 6. The molecule has 3 aliphatic rings. The number of rotatable bonds is 3. The second-order valence-corrected chi connectivity index (χ2v) is 8.59. The van der Waals surface area contributed by atoms with E-state index in [1.165, 1.54) is 6.07 Å². The Hall–Kier alpha value is -1.43. The first-order valence-electron chi connectivity index (χ1n) is 9.38. The van der Waals surface area contributed by atoms with Gasteiger partial charge in [0.05, 0.1) is 18.3 Å². The van der Waals surface area contributed by atoms with Crippen molar-refractivity contribution in [2.75, 3.05) is 11.9 Å². The average Bonchev–Trinajstić information content (AvgIpc) is 3.20. The van der Waals surface area contributed by atoms with Crippen molar-refractivity contribution < 1.29 is 32.5 Å². The Balaban J connectivity index is 1.50. The molecule has 10 heteroatoms. The normalized spacial score (nSPS) is 34.8. The van der Waals surface area contributed by atoms with Crippen LogP contribution in [0.15, 0.2) is 18.2 Å². The molecule has 0 unspecified atom stereocenters. The molecule has 3 aliphatic heterocycles. The molecule has 1 aromatic rings. The molecule has 4 rings (SSSR count). The molecule has 0 bridgehead atoms. The van der Waals surface area contributed by atoms with Gasteiger partial charge in [0.25, 0.3) is 0 Å². The lowest BCUT2D eigenvalue weighted by Crippen LogP contribution is -2.53. The molecule has 160 valence electrons. The topological polar surface area (TPSA) is 70.2 Å². The van der Waals surface area contributed by atoms with Crippen molar-refractivity contribution in [3.05, 3.63) is 29.8 Å². The van der Waals surface area contributed by atoms with Gasteiger partial charge in [-0.2, -0.15) is 0 Å². The lowest BCUT2D eigenvalue weighted by atomic mass is 10.0. The number of ether oxygens (including phenoxy) is 5. The van der Waals surface area contributed by atoms with E-state index >= 15 is 0 Å². The second kappa shape index (κ2) is 7.36. The summed E-state index contributed by atoms with van der Waals surface area (Å²) in [5, 5.41) is 6.01. The summed E-state index contributed by atoms with van der Waals surface area (Å²) >= 11 is 5.35. The Labute approximate surface area is 173 Å². The SMILES string of the molecule is CC1(C)O[C@H]2O[C@H]([C@H]3COC(C)(C)O3)[C@@H](NC(=S)Nc3ccc(F)cc3F)[C@H]2O1. The van der Waals surface area contributed by atoms with E-state index in [9.17, 15) is 8.78 Å². The minimum absolute atomic E-state index is 0.0569. The molecule has 0 amide bonds. The highest BCUT2D eigenvalue weighted by Gasteiger charge is 2.58. The Kier molecular flexibility index (Phi) is 5.29. The fourth-order valence-corrected chi connectivity index (χ4v) is 4.04. The first-order chi connectivity index (χ1) is 13.5. The van der Waals surface area contributed by atoms with E-state index in [2.05, 4.69) is 10.6 Å². The zero-order chi connectivity index (χ0) is 21.0. The summed E-state index contributed by atoms with van der Waals surface area (Å²) in [6, 6.07) is 2.77. The van der Waals surface area contributed by atoms with Crippen LogP contribution in [0.3, 0.4) is 0 Å². The molecule has 0 radical (unpaired) electrons. The maximum Gasteiger partial charge on any atom is 0.189 e. The highest BCUT2D eigenvalue weighted by atomic mass is 32.1. The third-order valence-electron chi connectivity index (χ3n) is 4.96. The van der Waals surface area contributed by atoms with Gasteiger partial charge >= 0.3 is 0 Å². The zero-order valence-corrected chi connectivity index (χ0v) is 17.3. The predicted octanol–water partition coefficient (Wildman–Crippen LogP) is 2.65. The average molecular weight is 430 g/mol. The molecule has 29 heavy (non-hydrogen) atoms. The molecule has 0 saturated carbocycles. The Morgan fingerprint density at radius 3 is 2.48 bits per heavy atom. The molecule has 1 aromatic carbocycles. The van der Waals surface area contributed by atoms with Crippen LogP contribution in [0.4, 0.5) is 14.5 Å². The van der Waals surface area contributed by atoms with Gasteiger partial charge in [-0.05, 0) is 52.0 Å². The van der Waals surface area contributed by atoms with Crippen molar-refractivity contribution in [1.82, 2.24) is 5.32 Å². The number of anilines is 1. The van der Waals surface area contributed by atoms with E-state index in [0.717, 1.165) is 12.1 Å². The highest BCUT2D eigenvalue weighted by molar-refractivity contribution is 7.80. The van der Waals surface area contributed by atoms with E-state index in [0.29, 0.717) is 6.61 Å².